The summed E-state index contributed by atoms with van der Waals surface area (Å²) in [6.07, 6.45) is 3.11. The van der Waals surface area contributed by atoms with Gasteiger partial charge in [0.1, 0.15) is 0 Å². The molecule has 0 radical (unpaired) electrons. The van der Waals surface area contributed by atoms with Crippen LogP contribution in [0, 0.1) is 5.92 Å². The van der Waals surface area contributed by atoms with Crippen LogP contribution < -0.4 is 0 Å². The topological polar surface area (TPSA) is 9.23 Å². The van der Waals surface area contributed by atoms with Crippen LogP contribution in [0.4, 0.5) is 0 Å². The van der Waals surface area contributed by atoms with E-state index in [4.69, 9.17) is 4.74 Å². The summed E-state index contributed by atoms with van der Waals surface area (Å²) >= 11 is 0. The van der Waals surface area contributed by atoms with Crippen molar-refractivity contribution in [2.24, 2.45) is 5.92 Å². The molecule has 1 heterocycles. The predicted octanol–water partition coefficient (Wildman–Crippen LogP) is 1.82. The Labute approximate surface area is 51.0 Å². The van der Waals surface area contributed by atoms with Crippen LogP contribution in [-0.4, -0.2) is 12.7 Å². The van der Waals surface area contributed by atoms with Crippen LogP contribution in [0.15, 0.2) is 0 Å². The first-order valence-electron chi connectivity index (χ1n) is 3.42. The van der Waals surface area contributed by atoms with Crippen LogP contribution in [-0.2, 0) is 4.74 Å². The zero-order chi connectivity index (χ0) is 5.98. The van der Waals surface area contributed by atoms with Crippen LogP contribution in [0.1, 0.15) is 26.7 Å². The van der Waals surface area contributed by atoms with E-state index in [1.165, 1.54) is 12.8 Å². The Morgan fingerprint density at radius 1 is 1.38 bits per heavy atom. The molecule has 1 saturated heterocycles. The molecular formula is C7H14O. The molecule has 0 bridgehead atoms. The fourth-order valence-corrected chi connectivity index (χ4v) is 1.07. The standard InChI is InChI=1S/C7H14O/c1-6-4-3-5-8-7(6)2/h6-7H,3-5H2,1-2H3/t6-,7?/m0/s1. The van der Waals surface area contributed by atoms with Gasteiger partial charge < -0.3 is 4.74 Å². The second kappa shape index (κ2) is 2.49. The maximum atomic E-state index is 5.39. The van der Waals surface area contributed by atoms with Crippen molar-refractivity contribution in [2.45, 2.75) is 32.8 Å². The molecule has 0 aromatic heterocycles. The van der Waals surface area contributed by atoms with Crippen molar-refractivity contribution in [3.8, 4) is 0 Å². The first kappa shape index (κ1) is 6.09. The van der Waals surface area contributed by atoms with E-state index < -0.39 is 0 Å². The van der Waals surface area contributed by atoms with Gasteiger partial charge in [-0.15, -0.1) is 0 Å². The van der Waals surface area contributed by atoms with Gasteiger partial charge in [-0.05, 0) is 25.7 Å². The predicted molar refractivity (Wildman–Crippen MR) is 33.8 cm³/mol. The third-order valence-corrected chi connectivity index (χ3v) is 1.99. The first-order valence-corrected chi connectivity index (χ1v) is 3.42. The molecule has 2 atom stereocenters. The van der Waals surface area contributed by atoms with Crippen molar-refractivity contribution in [2.75, 3.05) is 6.61 Å². The zero-order valence-electron chi connectivity index (χ0n) is 5.68. The van der Waals surface area contributed by atoms with E-state index in [0.29, 0.717) is 6.10 Å². The smallest absolute Gasteiger partial charge is 0.0572 e. The Morgan fingerprint density at radius 2 is 2.12 bits per heavy atom. The van der Waals surface area contributed by atoms with Gasteiger partial charge in [-0.1, -0.05) is 6.92 Å². The monoisotopic (exact) mass is 114 g/mol. The Morgan fingerprint density at radius 3 is 2.50 bits per heavy atom. The molecule has 48 valence electrons. The Balaban J connectivity index is 2.28. The van der Waals surface area contributed by atoms with Gasteiger partial charge in [0.25, 0.3) is 0 Å². The van der Waals surface area contributed by atoms with Crippen LogP contribution in [0.2, 0.25) is 0 Å². The van der Waals surface area contributed by atoms with Crippen molar-refractivity contribution in [3.05, 3.63) is 0 Å². The Kier molecular flexibility index (Phi) is 1.90. The highest BCUT2D eigenvalue weighted by Crippen LogP contribution is 2.18. The summed E-state index contributed by atoms with van der Waals surface area (Å²) < 4.78 is 5.39. The molecule has 1 rings (SSSR count). The van der Waals surface area contributed by atoms with Gasteiger partial charge in [0.2, 0.25) is 0 Å². The van der Waals surface area contributed by atoms with Crippen molar-refractivity contribution in [1.29, 1.82) is 0 Å². The van der Waals surface area contributed by atoms with E-state index in [9.17, 15) is 0 Å². The van der Waals surface area contributed by atoms with Gasteiger partial charge in [-0.3, -0.25) is 0 Å². The molecule has 0 aromatic rings. The van der Waals surface area contributed by atoms with Gasteiger partial charge in [-0.2, -0.15) is 0 Å². The van der Waals surface area contributed by atoms with E-state index in [1.807, 2.05) is 0 Å². The lowest BCUT2D eigenvalue weighted by atomic mass is 9.98. The van der Waals surface area contributed by atoms with Gasteiger partial charge in [0.15, 0.2) is 0 Å². The Bertz CT molecular complexity index is 60.8. The normalized spacial score (nSPS) is 39.8. The molecule has 0 spiro atoms. The lowest BCUT2D eigenvalue weighted by Crippen LogP contribution is -2.23. The highest BCUT2D eigenvalue weighted by molar-refractivity contribution is 4.65. The summed E-state index contributed by atoms with van der Waals surface area (Å²) in [6.45, 7) is 5.39. The van der Waals surface area contributed by atoms with Gasteiger partial charge >= 0.3 is 0 Å². The lowest BCUT2D eigenvalue weighted by molar-refractivity contribution is -0.00789. The maximum absolute atomic E-state index is 5.39. The summed E-state index contributed by atoms with van der Waals surface area (Å²) in [7, 11) is 0. The largest absolute Gasteiger partial charge is 0.378 e. The van der Waals surface area contributed by atoms with E-state index in [1.54, 1.807) is 0 Å². The third-order valence-electron chi connectivity index (χ3n) is 1.99. The molecule has 1 aliphatic rings. The molecule has 1 fully saturated rings. The van der Waals surface area contributed by atoms with E-state index in [2.05, 4.69) is 13.8 Å². The fourth-order valence-electron chi connectivity index (χ4n) is 1.07. The van der Waals surface area contributed by atoms with Crippen LogP contribution in [0.25, 0.3) is 0 Å². The van der Waals surface area contributed by atoms with Gasteiger partial charge in [0.05, 0.1) is 6.10 Å². The van der Waals surface area contributed by atoms with Crippen molar-refractivity contribution >= 4 is 0 Å². The van der Waals surface area contributed by atoms with Crippen molar-refractivity contribution in [1.82, 2.24) is 0 Å². The zero-order valence-corrected chi connectivity index (χ0v) is 5.68. The molecule has 1 nitrogen and oxygen atoms in total. The minimum absolute atomic E-state index is 0.503. The average Bonchev–Trinajstić information content (AvgIpc) is 1.77. The van der Waals surface area contributed by atoms with E-state index in [0.717, 1.165) is 12.5 Å². The van der Waals surface area contributed by atoms with Crippen LogP contribution in [0.5, 0.6) is 0 Å². The summed E-state index contributed by atoms with van der Waals surface area (Å²) in [6, 6.07) is 0. The molecule has 0 saturated carbocycles. The molecule has 0 amide bonds. The fraction of sp³-hybridized carbons (Fsp3) is 1.00. The number of rotatable bonds is 0. The molecule has 1 unspecified atom stereocenters. The second-order valence-corrected chi connectivity index (χ2v) is 2.70. The van der Waals surface area contributed by atoms with Crippen LogP contribution >= 0.6 is 0 Å². The van der Waals surface area contributed by atoms with Crippen LogP contribution in [0.3, 0.4) is 0 Å². The summed E-state index contributed by atoms with van der Waals surface area (Å²) in [5, 5.41) is 0. The number of ether oxygens (including phenoxy) is 1. The second-order valence-electron chi connectivity index (χ2n) is 2.70. The highest BCUT2D eigenvalue weighted by Gasteiger charge is 2.16. The summed E-state index contributed by atoms with van der Waals surface area (Å²) in [4.78, 5) is 0. The summed E-state index contributed by atoms with van der Waals surface area (Å²) in [5.74, 6) is 0.781. The molecule has 1 aliphatic heterocycles. The molecule has 8 heavy (non-hydrogen) atoms. The lowest BCUT2D eigenvalue weighted by Gasteiger charge is -2.25. The van der Waals surface area contributed by atoms with Crippen molar-refractivity contribution < 1.29 is 4.74 Å². The SMILES string of the molecule is CC1OCCC[C@@H]1C. The molecular weight excluding hydrogens is 100 g/mol. The molecule has 0 aromatic carbocycles. The quantitative estimate of drug-likeness (QED) is 0.466. The minimum atomic E-state index is 0.503. The van der Waals surface area contributed by atoms with Crippen molar-refractivity contribution in [3.63, 3.8) is 0 Å². The minimum Gasteiger partial charge on any atom is -0.378 e. The van der Waals surface area contributed by atoms with E-state index in [-0.39, 0.29) is 0 Å². The first-order chi connectivity index (χ1) is 3.80. The molecule has 1 heteroatoms. The number of hydrogen-bond donors (Lipinski definition) is 0. The average molecular weight is 114 g/mol. The summed E-state index contributed by atoms with van der Waals surface area (Å²) in [5.41, 5.74) is 0. The highest BCUT2D eigenvalue weighted by atomic mass is 16.5. The molecule has 0 aliphatic carbocycles. The number of hydrogen-bond acceptors (Lipinski definition) is 1. The maximum Gasteiger partial charge on any atom is 0.0572 e. The third kappa shape index (κ3) is 1.22. The van der Waals surface area contributed by atoms with Gasteiger partial charge in [0, 0.05) is 6.61 Å². The van der Waals surface area contributed by atoms with Gasteiger partial charge in [-0.25, -0.2) is 0 Å². The van der Waals surface area contributed by atoms with E-state index >= 15 is 0 Å². The molecule has 0 N–H and O–H groups in total. The Hall–Kier alpha value is -0.0400.